The van der Waals surface area contributed by atoms with Crippen LogP contribution in [0.2, 0.25) is 0 Å². The number of carbonyl (C=O) groups is 3. The number of rotatable bonds is 5. The molecule has 7 nitrogen and oxygen atoms in total. The number of benzene rings is 1. The molecule has 3 atom stereocenters. The van der Waals surface area contributed by atoms with Crippen LogP contribution in [-0.4, -0.2) is 41.2 Å². The lowest BCUT2D eigenvalue weighted by molar-refractivity contribution is -0.136. The Labute approximate surface area is 165 Å². The minimum atomic E-state index is -0.563. The Morgan fingerprint density at radius 2 is 1.96 bits per heavy atom. The summed E-state index contributed by atoms with van der Waals surface area (Å²) in [5.41, 5.74) is 8.59. The second kappa shape index (κ2) is 8.01. The highest BCUT2D eigenvalue weighted by Gasteiger charge is 2.39. The van der Waals surface area contributed by atoms with E-state index < -0.39 is 6.04 Å². The molecule has 0 radical (unpaired) electrons. The summed E-state index contributed by atoms with van der Waals surface area (Å²) in [4.78, 5) is 38.0. The maximum Gasteiger partial charge on any atom is 0.255 e. The first-order valence-corrected chi connectivity index (χ1v) is 10.3. The van der Waals surface area contributed by atoms with E-state index in [2.05, 4.69) is 10.6 Å². The Hall–Kier alpha value is -2.25. The molecule has 3 aliphatic rings. The quantitative estimate of drug-likeness (QED) is 0.659. The molecule has 3 amide bonds. The van der Waals surface area contributed by atoms with Gasteiger partial charge in [0.25, 0.3) is 5.91 Å². The van der Waals surface area contributed by atoms with Crippen LogP contribution in [0, 0.1) is 5.92 Å². The van der Waals surface area contributed by atoms with Crippen molar-refractivity contribution in [2.75, 3.05) is 6.54 Å². The summed E-state index contributed by atoms with van der Waals surface area (Å²) >= 11 is 0. The Morgan fingerprint density at radius 3 is 2.75 bits per heavy atom. The van der Waals surface area contributed by atoms with Crippen molar-refractivity contribution in [1.29, 1.82) is 0 Å². The van der Waals surface area contributed by atoms with Gasteiger partial charge in [0.05, 0.1) is 0 Å². The number of hydrogen-bond donors (Lipinski definition) is 3. The van der Waals surface area contributed by atoms with Crippen LogP contribution >= 0.6 is 0 Å². The number of nitrogens with one attached hydrogen (secondary N) is 2. The van der Waals surface area contributed by atoms with Gasteiger partial charge < -0.3 is 16.0 Å². The summed E-state index contributed by atoms with van der Waals surface area (Å²) < 4.78 is 0. The molecule has 1 saturated carbocycles. The van der Waals surface area contributed by atoms with E-state index in [9.17, 15) is 14.4 Å². The van der Waals surface area contributed by atoms with Crippen molar-refractivity contribution in [3.8, 4) is 0 Å². The first-order chi connectivity index (χ1) is 13.6. The van der Waals surface area contributed by atoms with Gasteiger partial charge in [-0.15, -0.1) is 0 Å². The smallest absolute Gasteiger partial charge is 0.255 e. The van der Waals surface area contributed by atoms with Crippen LogP contribution in [0.1, 0.15) is 60.0 Å². The van der Waals surface area contributed by atoms with Crippen LogP contribution < -0.4 is 16.4 Å². The van der Waals surface area contributed by atoms with Crippen LogP contribution in [0.4, 0.5) is 0 Å². The third kappa shape index (κ3) is 3.69. The molecule has 0 aromatic heterocycles. The van der Waals surface area contributed by atoms with Gasteiger partial charge in [0.2, 0.25) is 11.8 Å². The molecule has 4 N–H and O–H groups in total. The summed E-state index contributed by atoms with van der Waals surface area (Å²) in [5, 5.41) is 5.96. The summed E-state index contributed by atoms with van der Waals surface area (Å²) in [7, 11) is 0. The Morgan fingerprint density at radius 1 is 1.14 bits per heavy atom. The van der Waals surface area contributed by atoms with Crippen molar-refractivity contribution in [2.24, 2.45) is 11.7 Å². The SMILES string of the molecule is NC[C@@H]1CCCC[C@@H]1NCc1ccc2c(c1)C(=O)N(C1CCC(=O)NC1=O)C2. The number of amides is 3. The van der Waals surface area contributed by atoms with Gasteiger partial charge in [0.15, 0.2) is 0 Å². The minimum absolute atomic E-state index is 0.121. The van der Waals surface area contributed by atoms with Gasteiger partial charge in [0.1, 0.15) is 6.04 Å². The van der Waals surface area contributed by atoms with Gasteiger partial charge in [-0.25, -0.2) is 0 Å². The number of fused-ring (bicyclic) bond motifs is 1. The van der Waals surface area contributed by atoms with E-state index >= 15 is 0 Å². The fourth-order valence-electron chi connectivity index (χ4n) is 4.72. The Kier molecular flexibility index (Phi) is 5.46. The van der Waals surface area contributed by atoms with E-state index in [-0.39, 0.29) is 24.1 Å². The summed E-state index contributed by atoms with van der Waals surface area (Å²) in [5.74, 6) is -0.238. The first kappa shape index (κ1) is 19.1. The lowest BCUT2D eigenvalue weighted by Crippen LogP contribution is -2.52. The number of nitrogens with zero attached hydrogens (tertiary/aromatic N) is 1. The van der Waals surface area contributed by atoms with Crippen LogP contribution in [0.5, 0.6) is 0 Å². The standard InChI is InChI=1S/C21H28N4O3/c22-10-14-3-1-2-4-17(14)23-11-13-5-6-15-12-25(21(28)16(15)9-13)18-7-8-19(26)24-20(18)27/h5-6,9,14,17-18,23H,1-4,7-8,10-12,22H2,(H,24,26,27)/t14-,17-,18?/m0/s1. The van der Waals surface area contributed by atoms with Gasteiger partial charge in [-0.05, 0) is 48.9 Å². The maximum atomic E-state index is 12.9. The third-order valence-corrected chi connectivity index (χ3v) is 6.37. The van der Waals surface area contributed by atoms with E-state index in [4.69, 9.17) is 5.73 Å². The molecule has 2 fully saturated rings. The highest BCUT2D eigenvalue weighted by Crippen LogP contribution is 2.29. The summed E-state index contributed by atoms with van der Waals surface area (Å²) in [6.07, 6.45) is 5.48. The van der Waals surface area contributed by atoms with Crippen LogP contribution in [0.15, 0.2) is 18.2 Å². The van der Waals surface area contributed by atoms with Gasteiger partial charge in [0, 0.05) is 31.1 Å². The number of hydrogen-bond acceptors (Lipinski definition) is 5. The molecule has 0 bridgehead atoms. The largest absolute Gasteiger partial charge is 0.330 e. The second-order valence-electron chi connectivity index (χ2n) is 8.16. The first-order valence-electron chi connectivity index (χ1n) is 10.3. The molecular weight excluding hydrogens is 356 g/mol. The second-order valence-corrected chi connectivity index (χ2v) is 8.16. The van der Waals surface area contributed by atoms with E-state index in [1.54, 1.807) is 4.90 Å². The van der Waals surface area contributed by atoms with Gasteiger partial charge in [-0.1, -0.05) is 25.0 Å². The van der Waals surface area contributed by atoms with Crippen molar-refractivity contribution in [3.63, 3.8) is 0 Å². The van der Waals surface area contributed by atoms with Gasteiger partial charge in [-0.2, -0.15) is 0 Å². The van der Waals surface area contributed by atoms with Gasteiger partial charge in [-0.3, -0.25) is 19.7 Å². The summed E-state index contributed by atoms with van der Waals surface area (Å²) in [6, 6.07) is 5.84. The average molecular weight is 384 g/mol. The monoisotopic (exact) mass is 384 g/mol. The molecule has 28 heavy (non-hydrogen) atoms. The zero-order valence-electron chi connectivity index (χ0n) is 16.1. The van der Waals surface area contributed by atoms with Crippen molar-refractivity contribution < 1.29 is 14.4 Å². The molecule has 150 valence electrons. The minimum Gasteiger partial charge on any atom is -0.330 e. The zero-order chi connectivity index (χ0) is 19.7. The Balaban J connectivity index is 1.43. The molecule has 1 aliphatic carbocycles. The van der Waals surface area contributed by atoms with E-state index in [0.717, 1.165) is 17.5 Å². The Bertz CT molecular complexity index is 794. The van der Waals surface area contributed by atoms with Crippen molar-refractivity contribution in [2.45, 2.75) is 63.7 Å². The fourth-order valence-corrected chi connectivity index (χ4v) is 4.72. The summed E-state index contributed by atoms with van der Waals surface area (Å²) in [6.45, 7) is 1.84. The lowest BCUT2D eigenvalue weighted by Gasteiger charge is -2.31. The molecule has 4 rings (SSSR count). The molecule has 0 spiro atoms. The topological polar surface area (TPSA) is 105 Å². The highest BCUT2D eigenvalue weighted by molar-refractivity contribution is 6.05. The zero-order valence-corrected chi connectivity index (χ0v) is 16.1. The van der Waals surface area contributed by atoms with E-state index in [1.165, 1.54) is 19.3 Å². The number of imide groups is 1. The van der Waals surface area contributed by atoms with Crippen molar-refractivity contribution in [3.05, 3.63) is 34.9 Å². The molecule has 2 heterocycles. The molecule has 1 aromatic rings. The van der Waals surface area contributed by atoms with Crippen LogP contribution in [0.25, 0.3) is 0 Å². The maximum absolute atomic E-state index is 12.9. The normalized spacial score (nSPS) is 27.7. The van der Waals surface area contributed by atoms with Gasteiger partial charge >= 0.3 is 0 Å². The van der Waals surface area contributed by atoms with E-state index in [0.29, 0.717) is 43.6 Å². The highest BCUT2D eigenvalue weighted by atomic mass is 16.2. The van der Waals surface area contributed by atoms with E-state index in [1.807, 2.05) is 18.2 Å². The number of nitrogens with two attached hydrogens (primary N) is 1. The van der Waals surface area contributed by atoms with Crippen molar-refractivity contribution >= 4 is 17.7 Å². The predicted octanol–water partition coefficient (Wildman–Crippen LogP) is 1.05. The number of piperidine rings is 1. The molecule has 1 aromatic carbocycles. The molecule has 1 unspecified atom stereocenters. The fraction of sp³-hybridized carbons (Fsp3) is 0.571. The number of carbonyl (C=O) groups excluding carboxylic acids is 3. The van der Waals surface area contributed by atoms with Crippen molar-refractivity contribution in [1.82, 2.24) is 15.5 Å². The molecule has 1 saturated heterocycles. The molecular formula is C21H28N4O3. The lowest BCUT2D eigenvalue weighted by atomic mass is 9.84. The molecule has 2 aliphatic heterocycles. The molecule has 7 heteroatoms. The van der Waals surface area contributed by atoms with Crippen LogP contribution in [-0.2, 0) is 22.7 Å². The third-order valence-electron chi connectivity index (χ3n) is 6.37. The predicted molar refractivity (Wildman–Crippen MR) is 104 cm³/mol. The van der Waals surface area contributed by atoms with Crippen LogP contribution in [0.3, 0.4) is 0 Å². The average Bonchev–Trinajstić information content (AvgIpc) is 3.02.